The molecule has 6 N–H and O–H groups in total. The average molecular weight is 564 g/mol. The molecule has 40 heavy (non-hydrogen) atoms. The molecule has 12 heteroatoms. The van der Waals surface area contributed by atoms with E-state index in [1.54, 1.807) is 0 Å². The molecule has 0 spiro atoms. The Balaban J connectivity index is 1.44. The summed E-state index contributed by atoms with van der Waals surface area (Å²) in [4.78, 5) is 61.5. The number of aromatic nitrogens is 1. The summed E-state index contributed by atoms with van der Waals surface area (Å²) < 4.78 is 0.871. The van der Waals surface area contributed by atoms with Gasteiger partial charge in [-0.25, -0.2) is 9.78 Å². The van der Waals surface area contributed by atoms with Crippen molar-refractivity contribution in [2.45, 2.75) is 50.2 Å². The van der Waals surface area contributed by atoms with E-state index in [1.165, 1.54) is 16.2 Å². The van der Waals surface area contributed by atoms with Gasteiger partial charge in [-0.2, -0.15) is 0 Å². The van der Waals surface area contributed by atoms with E-state index in [1.807, 2.05) is 54.6 Å². The van der Waals surface area contributed by atoms with Crippen LogP contribution in [0.1, 0.15) is 41.0 Å². The molecule has 1 aliphatic rings. The molecule has 11 nitrogen and oxygen atoms in total. The van der Waals surface area contributed by atoms with Crippen LogP contribution < -0.4 is 22.1 Å². The van der Waals surface area contributed by atoms with Crippen molar-refractivity contribution in [2.24, 2.45) is 16.5 Å². The molecule has 0 saturated carbocycles. The van der Waals surface area contributed by atoms with Gasteiger partial charge >= 0.3 is 6.03 Å². The Kier molecular flexibility index (Phi) is 9.79. The number of hydrogen-bond acceptors (Lipinski definition) is 7. The lowest BCUT2D eigenvalue weighted by molar-refractivity contribution is -0.125. The van der Waals surface area contributed by atoms with Crippen molar-refractivity contribution in [3.8, 4) is 0 Å². The Morgan fingerprint density at radius 2 is 1.85 bits per heavy atom. The predicted molar refractivity (Wildman–Crippen MR) is 154 cm³/mol. The Morgan fingerprint density at radius 1 is 1.10 bits per heavy atom. The van der Waals surface area contributed by atoms with Crippen LogP contribution in [0.15, 0.2) is 59.6 Å². The van der Waals surface area contributed by atoms with Crippen molar-refractivity contribution in [1.29, 1.82) is 0 Å². The number of carbonyl (C=O) groups is 4. The molecule has 1 unspecified atom stereocenters. The number of para-hydroxylation sites is 1. The zero-order valence-corrected chi connectivity index (χ0v) is 22.8. The van der Waals surface area contributed by atoms with Gasteiger partial charge in [0.1, 0.15) is 12.3 Å². The molecule has 0 aliphatic carbocycles. The molecule has 210 valence electrons. The Bertz CT molecular complexity index is 1340. The molecule has 1 aliphatic heterocycles. The summed E-state index contributed by atoms with van der Waals surface area (Å²) in [7, 11) is 0. The van der Waals surface area contributed by atoms with Crippen molar-refractivity contribution in [3.05, 3.63) is 65.2 Å². The second kappa shape index (κ2) is 13.7. The summed E-state index contributed by atoms with van der Waals surface area (Å²) in [5, 5.41) is 5.89. The zero-order chi connectivity index (χ0) is 28.5. The molecule has 1 aromatic heterocycles. The molecule has 0 bridgehead atoms. The van der Waals surface area contributed by atoms with Gasteiger partial charge in [0.2, 0.25) is 11.7 Å². The lowest BCUT2D eigenvalue weighted by Gasteiger charge is -2.27. The molecule has 3 atom stereocenters. The standard InChI is InChI=1S/C28H33N7O4S/c29-27(30)31-14-6-11-21(24(37)26-34-20-10-4-5-13-23(20)40-26)33-25(38)22-12-7-15-35(22)28(39)32-19(17-36)16-18-8-2-1-3-9-18/h1-5,8-10,13,17,19,21-22H,6-7,11-12,14-16H2,(H,32,39)(H,33,38)(H4,29,30,31)/t19-,21?,22-/m0/s1. The van der Waals surface area contributed by atoms with E-state index in [0.29, 0.717) is 62.0 Å². The van der Waals surface area contributed by atoms with E-state index in [9.17, 15) is 19.2 Å². The van der Waals surface area contributed by atoms with Crippen LogP contribution in [0.2, 0.25) is 0 Å². The number of nitrogens with zero attached hydrogens (tertiary/aromatic N) is 3. The van der Waals surface area contributed by atoms with Gasteiger partial charge in [-0.1, -0.05) is 42.5 Å². The first-order chi connectivity index (χ1) is 19.4. The second-order valence-electron chi connectivity index (χ2n) is 9.59. The van der Waals surface area contributed by atoms with Crippen molar-refractivity contribution < 1.29 is 19.2 Å². The highest BCUT2D eigenvalue weighted by molar-refractivity contribution is 7.20. The van der Waals surface area contributed by atoms with Gasteiger partial charge in [-0.15, -0.1) is 11.3 Å². The van der Waals surface area contributed by atoms with Gasteiger partial charge in [-0.05, 0) is 49.8 Å². The minimum Gasteiger partial charge on any atom is -0.370 e. The van der Waals surface area contributed by atoms with Crippen LogP contribution in [0.5, 0.6) is 0 Å². The van der Waals surface area contributed by atoms with Crippen molar-refractivity contribution in [3.63, 3.8) is 0 Å². The summed E-state index contributed by atoms with van der Waals surface area (Å²) in [5.41, 5.74) is 12.4. The number of amides is 3. The number of urea groups is 1. The molecule has 3 aromatic rings. The number of thiazole rings is 1. The topological polar surface area (TPSA) is 173 Å². The summed E-state index contributed by atoms with van der Waals surface area (Å²) in [6.45, 7) is 0.663. The summed E-state index contributed by atoms with van der Waals surface area (Å²) >= 11 is 1.27. The SMILES string of the molecule is NC(N)=NCCCC(NC(=O)[C@@H]1CCCN1C(=O)N[C@H](C=O)Cc1ccccc1)C(=O)c1nc2ccccc2s1. The van der Waals surface area contributed by atoms with Gasteiger partial charge in [0.15, 0.2) is 11.0 Å². The number of benzene rings is 2. The van der Waals surface area contributed by atoms with Crippen molar-refractivity contribution in [2.75, 3.05) is 13.1 Å². The average Bonchev–Trinajstić information content (AvgIpc) is 3.62. The van der Waals surface area contributed by atoms with Crippen LogP contribution in [-0.2, 0) is 16.0 Å². The first-order valence-electron chi connectivity index (χ1n) is 13.2. The van der Waals surface area contributed by atoms with E-state index in [4.69, 9.17) is 11.5 Å². The van der Waals surface area contributed by atoms with Crippen LogP contribution >= 0.6 is 11.3 Å². The number of fused-ring (bicyclic) bond motifs is 1. The Labute approximate surface area is 236 Å². The maximum Gasteiger partial charge on any atom is 0.318 e. The fourth-order valence-electron chi connectivity index (χ4n) is 4.69. The number of Topliss-reactive ketones (excluding diaryl/α,β-unsaturated/α-hetero) is 1. The smallest absolute Gasteiger partial charge is 0.318 e. The van der Waals surface area contributed by atoms with Crippen LogP contribution in [0.3, 0.4) is 0 Å². The third-order valence-corrected chi connectivity index (χ3v) is 7.72. The highest BCUT2D eigenvalue weighted by Gasteiger charge is 2.37. The molecule has 4 rings (SSSR count). The maximum atomic E-state index is 13.5. The van der Waals surface area contributed by atoms with E-state index in [2.05, 4.69) is 20.6 Å². The number of aldehydes is 1. The minimum atomic E-state index is -0.867. The normalized spacial score (nSPS) is 16.2. The van der Waals surface area contributed by atoms with Crippen LogP contribution in [0.25, 0.3) is 10.2 Å². The number of aliphatic imine (C=N–C) groups is 1. The lowest BCUT2D eigenvalue weighted by atomic mass is 10.1. The van der Waals surface area contributed by atoms with E-state index >= 15 is 0 Å². The molecule has 0 radical (unpaired) electrons. The van der Waals surface area contributed by atoms with Crippen molar-refractivity contribution >= 4 is 51.5 Å². The van der Waals surface area contributed by atoms with Gasteiger partial charge in [0.25, 0.3) is 0 Å². The van der Waals surface area contributed by atoms with Gasteiger partial charge < -0.3 is 31.8 Å². The zero-order valence-electron chi connectivity index (χ0n) is 22.0. The summed E-state index contributed by atoms with van der Waals surface area (Å²) in [5.74, 6) is -0.789. The summed E-state index contributed by atoms with van der Waals surface area (Å²) in [6.07, 6.45) is 2.85. The second-order valence-corrected chi connectivity index (χ2v) is 10.6. The number of rotatable bonds is 12. The first kappa shape index (κ1) is 28.7. The molecule has 3 amide bonds. The number of ketones is 1. The molecule has 1 fully saturated rings. The van der Waals surface area contributed by atoms with Gasteiger partial charge in [-0.3, -0.25) is 14.6 Å². The quantitative estimate of drug-likeness (QED) is 0.0857. The number of carbonyl (C=O) groups excluding carboxylic acids is 4. The third-order valence-electron chi connectivity index (χ3n) is 6.67. The number of nitrogens with two attached hydrogens (primary N) is 2. The van der Waals surface area contributed by atoms with Crippen LogP contribution in [0, 0.1) is 0 Å². The Hall–Kier alpha value is -4.32. The molecule has 1 saturated heterocycles. The number of hydrogen-bond donors (Lipinski definition) is 4. The largest absolute Gasteiger partial charge is 0.370 e. The highest BCUT2D eigenvalue weighted by Crippen LogP contribution is 2.24. The third kappa shape index (κ3) is 7.41. The molecule has 2 heterocycles. The number of guanidine groups is 1. The number of nitrogens with one attached hydrogen (secondary N) is 2. The monoisotopic (exact) mass is 563 g/mol. The lowest BCUT2D eigenvalue weighted by Crippen LogP contribution is -2.54. The fourth-order valence-corrected chi connectivity index (χ4v) is 5.65. The van der Waals surface area contributed by atoms with Crippen molar-refractivity contribution in [1.82, 2.24) is 20.5 Å². The Morgan fingerprint density at radius 3 is 2.58 bits per heavy atom. The van der Waals surface area contributed by atoms with Gasteiger partial charge in [0.05, 0.1) is 22.3 Å². The summed E-state index contributed by atoms with van der Waals surface area (Å²) in [6, 6.07) is 13.9. The fraction of sp³-hybridized carbons (Fsp3) is 0.357. The van der Waals surface area contributed by atoms with E-state index in [0.717, 1.165) is 10.3 Å². The highest BCUT2D eigenvalue weighted by atomic mass is 32.1. The predicted octanol–water partition coefficient (Wildman–Crippen LogP) is 2.00. The minimum absolute atomic E-state index is 0.0495. The molecular formula is C28H33N7O4S. The maximum absolute atomic E-state index is 13.5. The van der Waals surface area contributed by atoms with E-state index in [-0.39, 0.29) is 11.7 Å². The molecular weight excluding hydrogens is 530 g/mol. The van der Waals surface area contributed by atoms with Gasteiger partial charge in [0, 0.05) is 13.1 Å². The first-order valence-corrected chi connectivity index (χ1v) is 14.0. The van der Waals surface area contributed by atoms with Crippen LogP contribution in [0.4, 0.5) is 4.79 Å². The van der Waals surface area contributed by atoms with Crippen LogP contribution in [-0.4, -0.2) is 71.1 Å². The van der Waals surface area contributed by atoms with E-state index < -0.39 is 30.1 Å². The molecule has 2 aromatic carbocycles. The number of likely N-dealkylation sites (tertiary alicyclic amines) is 1.